The Balaban J connectivity index is 1.86. The number of amides is 3. The van der Waals surface area contributed by atoms with Crippen molar-refractivity contribution < 1.29 is 19.1 Å². The normalized spacial score (nSPS) is 21.8. The van der Waals surface area contributed by atoms with Crippen LogP contribution in [-0.2, 0) is 16.1 Å². The zero-order chi connectivity index (χ0) is 14.3. The highest BCUT2D eigenvalue weighted by molar-refractivity contribution is 6.05. The molecule has 20 heavy (non-hydrogen) atoms. The molecular formula is C14H14N2O4. The maximum Gasteiger partial charge on any atom is 0.255 e. The minimum atomic E-state index is -0.571. The highest BCUT2D eigenvalue weighted by atomic mass is 16.5. The van der Waals surface area contributed by atoms with E-state index in [4.69, 9.17) is 4.74 Å². The van der Waals surface area contributed by atoms with Crippen LogP contribution in [0.1, 0.15) is 28.8 Å². The molecule has 3 rings (SSSR count). The third-order valence-electron chi connectivity index (χ3n) is 3.74. The first-order valence-corrected chi connectivity index (χ1v) is 6.41. The van der Waals surface area contributed by atoms with Crippen LogP contribution >= 0.6 is 0 Å². The molecule has 6 nitrogen and oxygen atoms in total. The lowest BCUT2D eigenvalue weighted by atomic mass is 10.0. The molecule has 1 unspecified atom stereocenters. The molecule has 1 N–H and O–H groups in total. The molecular weight excluding hydrogens is 260 g/mol. The molecule has 2 aliphatic heterocycles. The number of nitrogens with one attached hydrogen (secondary N) is 1. The highest BCUT2D eigenvalue weighted by Crippen LogP contribution is 2.29. The van der Waals surface area contributed by atoms with Gasteiger partial charge in [0.05, 0.1) is 7.11 Å². The van der Waals surface area contributed by atoms with E-state index >= 15 is 0 Å². The first-order valence-electron chi connectivity index (χ1n) is 6.41. The molecule has 0 spiro atoms. The van der Waals surface area contributed by atoms with Crippen molar-refractivity contribution in [3.63, 3.8) is 0 Å². The molecule has 1 fully saturated rings. The Morgan fingerprint density at radius 2 is 2.10 bits per heavy atom. The SMILES string of the molecule is COc1ccc2c(c1)C(=O)N(C1CCC(=O)NC1=O)C2. The quantitative estimate of drug-likeness (QED) is 0.795. The number of fused-ring (bicyclic) bond motifs is 1. The van der Waals surface area contributed by atoms with Gasteiger partial charge in [-0.05, 0) is 24.1 Å². The number of imide groups is 1. The molecule has 0 aliphatic carbocycles. The summed E-state index contributed by atoms with van der Waals surface area (Å²) in [4.78, 5) is 36.9. The molecule has 2 aliphatic rings. The van der Waals surface area contributed by atoms with Crippen LogP contribution in [0.3, 0.4) is 0 Å². The van der Waals surface area contributed by atoms with E-state index < -0.39 is 11.9 Å². The van der Waals surface area contributed by atoms with Crippen LogP contribution in [-0.4, -0.2) is 35.8 Å². The van der Waals surface area contributed by atoms with Crippen molar-refractivity contribution in [3.05, 3.63) is 29.3 Å². The summed E-state index contributed by atoms with van der Waals surface area (Å²) in [6.07, 6.45) is 0.640. The number of ether oxygens (including phenoxy) is 1. The summed E-state index contributed by atoms with van der Waals surface area (Å²) in [7, 11) is 1.54. The Labute approximate surface area is 115 Å². The molecule has 104 valence electrons. The number of nitrogens with zero attached hydrogens (tertiary/aromatic N) is 1. The summed E-state index contributed by atoms with van der Waals surface area (Å²) in [5.41, 5.74) is 1.44. The lowest BCUT2D eigenvalue weighted by Gasteiger charge is -2.29. The van der Waals surface area contributed by atoms with Gasteiger partial charge in [0, 0.05) is 18.5 Å². The third-order valence-corrected chi connectivity index (χ3v) is 3.74. The monoisotopic (exact) mass is 274 g/mol. The maximum atomic E-state index is 12.4. The minimum absolute atomic E-state index is 0.187. The zero-order valence-corrected chi connectivity index (χ0v) is 11.0. The van der Waals surface area contributed by atoms with Crippen molar-refractivity contribution in [2.75, 3.05) is 7.11 Å². The molecule has 3 amide bonds. The molecule has 1 aromatic carbocycles. The lowest BCUT2D eigenvalue weighted by molar-refractivity contribution is -0.136. The number of benzene rings is 1. The van der Waals surface area contributed by atoms with Gasteiger partial charge >= 0.3 is 0 Å². The first-order chi connectivity index (χ1) is 9.60. The van der Waals surface area contributed by atoms with Gasteiger partial charge in [0.1, 0.15) is 11.8 Å². The molecule has 0 radical (unpaired) electrons. The number of hydrogen-bond donors (Lipinski definition) is 1. The summed E-state index contributed by atoms with van der Waals surface area (Å²) in [6, 6.07) is 4.74. The smallest absolute Gasteiger partial charge is 0.255 e. The van der Waals surface area contributed by atoms with Gasteiger partial charge in [0.25, 0.3) is 5.91 Å². The fraction of sp³-hybridized carbons (Fsp3) is 0.357. The Morgan fingerprint density at radius 3 is 2.80 bits per heavy atom. The summed E-state index contributed by atoms with van der Waals surface area (Å²) in [6.45, 7) is 0.393. The first kappa shape index (κ1) is 12.7. The third kappa shape index (κ3) is 1.93. The Morgan fingerprint density at radius 1 is 1.30 bits per heavy atom. The topological polar surface area (TPSA) is 75.7 Å². The van der Waals surface area contributed by atoms with Crippen LogP contribution in [0.5, 0.6) is 5.75 Å². The fourth-order valence-electron chi connectivity index (χ4n) is 2.66. The van der Waals surface area contributed by atoms with E-state index in [1.807, 2.05) is 6.07 Å². The van der Waals surface area contributed by atoms with Gasteiger partial charge in [-0.2, -0.15) is 0 Å². The summed E-state index contributed by atoms with van der Waals surface area (Å²) >= 11 is 0. The predicted octanol–water partition coefficient (Wildman–Crippen LogP) is 0.456. The highest BCUT2D eigenvalue weighted by Gasteiger charge is 2.39. The van der Waals surface area contributed by atoms with E-state index in [9.17, 15) is 14.4 Å². The van der Waals surface area contributed by atoms with Crippen molar-refractivity contribution in [1.82, 2.24) is 10.2 Å². The second-order valence-electron chi connectivity index (χ2n) is 4.92. The molecule has 2 heterocycles. The van der Waals surface area contributed by atoms with Crippen LogP contribution in [0.25, 0.3) is 0 Å². The number of carbonyl (C=O) groups excluding carboxylic acids is 3. The molecule has 0 aromatic heterocycles. The maximum absolute atomic E-state index is 12.4. The van der Waals surface area contributed by atoms with Crippen molar-refractivity contribution in [2.45, 2.75) is 25.4 Å². The molecule has 0 bridgehead atoms. The zero-order valence-electron chi connectivity index (χ0n) is 11.0. The van der Waals surface area contributed by atoms with Crippen LogP contribution < -0.4 is 10.1 Å². The molecule has 0 saturated carbocycles. The van der Waals surface area contributed by atoms with Gasteiger partial charge < -0.3 is 9.64 Å². The fourth-order valence-corrected chi connectivity index (χ4v) is 2.66. The van der Waals surface area contributed by atoms with Crippen LogP contribution in [0.4, 0.5) is 0 Å². The minimum Gasteiger partial charge on any atom is -0.497 e. The van der Waals surface area contributed by atoms with E-state index in [1.165, 1.54) is 4.90 Å². The van der Waals surface area contributed by atoms with Crippen molar-refractivity contribution in [1.29, 1.82) is 0 Å². The molecule has 1 atom stereocenters. The van der Waals surface area contributed by atoms with Crippen molar-refractivity contribution in [3.8, 4) is 5.75 Å². The summed E-state index contributed by atoms with van der Waals surface area (Å²) < 4.78 is 5.11. The van der Waals surface area contributed by atoms with Gasteiger partial charge in [-0.25, -0.2) is 0 Å². The second-order valence-corrected chi connectivity index (χ2v) is 4.92. The van der Waals surface area contributed by atoms with E-state index in [2.05, 4.69) is 5.32 Å². The van der Waals surface area contributed by atoms with Gasteiger partial charge in [-0.1, -0.05) is 6.07 Å². The lowest BCUT2D eigenvalue weighted by Crippen LogP contribution is -2.52. The number of piperidine rings is 1. The van der Waals surface area contributed by atoms with Crippen LogP contribution in [0.15, 0.2) is 18.2 Å². The van der Waals surface area contributed by atoms with E-state index in [0.29, 0.717) is 24.3 Å². The molecule has 6 heteroatoms. The van der Waals surface area contributed by atoms with Crippen molar-refractivity contribution >= 4 is 17.7 Å². The van der Waals surface area contributed by atoms with Crippen LogP contribution in [0.2, 0.25) is 0 Å². The van der Waals surface area contributed by atoms with E-state index in [0.717, 1.165) is 5.56 Å². The number of rotatable bonds is 2. The second kappa shape index (κ2) is 4.63. The number of methoxy groups -OCH3 is 1. The Bertz CT molecular complexity index is 611. The average Bonchev–Trinajstić information content (AvgIpc) is 2.76. The Kier molecular flexibility index (Phi) is 2.93. The van der Waals surface area contributed by atoms with Crippen molar-refractivity contribution in [2.24, 2.45) is 0 Å². The number of hydrogen-bond acceptors (Lipinski definition) is 4. The average molecular weight is 274 g/mol. The summed E-state index contributed by atoms with van der Waals surface area (Å²) in [5, 5.41) is 2.28. The number of carbonyl (C=O) groups is 3. The van der Waals surface area contributed by atoms with E-state index in [1.54, 1.807) is 19.2 Å². The molecule has 1 saturated heterocycles. The van der Waals surface area contributed by atoms with Gasteiger partial charge in [-0.3, -0.25) is 19.7 Å². The van der Waals surface area contributed by atoms with Gasteiger partial charge in [0.15, 0.2) is 0 Å². The standard InChI is InChI=1S/C14H14N2O4/c1-20-9-3-2-8-7-16(14(19)10(8)6-9)11-4-5-12(17)15-13(11)18/h2-3,6,11H,4-5,7H2,1H3,(H,15,17,18). The van der Waals surface area contributed by atoms with Crippen LogP contribution in [0, 0.1) is 0 Å². The largest absolute Gasteiger partial charge is 0.497 e. The van der Waals surface area contributed by atoms with Gasteiger partial charge in [-0.15, -0.1) is 0 Å². The van der Waals surface area contributed by atoms with E-state index in [-0.39, 0.29) is 18.2 Å². The Hall–Kier alpha value is -2.37. The molecule has 1 aromatic rings. The summed E-state index contributed by atoms with van der Waals surface area (Å²) in [5.74, 6) is -0.248. The predicted molar refractivity (Wildman–Crippen MR) is 69.0 cm³/mol. The van der Waals surface area contributed by atoms with Gasteiger partial charge in [0.2, 0.25) is 11.8 Å².